The molecule has 4 nitrogen and oxygen atoms in total. The van der Waals surface area contributed by atoms with E-state index < -0.39 is 0 Å². The Bertz CT molecular complexity index is 1100. The van der Waals surface area contributed by atoms with Crippen molar-refractivity contribution in [3.8, 4) is 0 Å². The summed E-state index contributed by atoms with van der Waals surface area (Å²) in [6.45, 7) is 5.82. The van der Waals surface area contributed by atoms with Gasteiger partial charge in [-0.3, -0.25) is 4.79 Å². The standard InChI is InChI=1S/C30H35N3O/c1-22(31)25-13-8-14-26(19-25)30(34)33-18-16-28(24-11-6-3-7-12-24)29(33)21-32-17-15-27(20-32)23-9-4-2-5-10-23/h2-14,19,22,27-29H,15-18,20-21,31H2,1H3/t22?,27?,28-,29+/m0/s1. The molecule has 4 heteroatoms. The summed E-state index contributed by atoms with van der Waals surface area (Å²) in [6, 6.07) is 29.5. The van der Waals surface area contributed by atoms with Gasteiger partial charge in [-0.2, -0.15) is 0 Å². The van der Waals surface area contributed by atoms with Gasteiger partial charge in [-0.15, -0.1) is 0 Å². The van der Waals surface area contributed by atoms with Gasteiger partial charge in [0.2, 0.25) is 0 Å². The lowest BCUT2D eigenvalue weighted by Gasteiger charge is -2.32. The highest BCUT2D eigenvalue weighted by Crippen LogP contribution is 2.37. The number of carbonyl (C=O) groups is 1. The van der Waals surface area contributed by atoms with Crippen LogP contribution in [0.3, 0.4) is 0 Å². The second-order valence-electron chi connectivity index (χ2n) is 9.94. The van der Waals surface area contributed by atoms with E-state index in [-0.39, 0.29) is 18.0 Å². The summed E-state index contributed by atoms with van der Waals surface area (Å²) >= 11 is 0. The van der Waals surface area contributed by atoms with Gasteiger partial charge in [-0.05, 0) is 61.1 Å². The number of nitrogens with zero attached hydrogens (tertiary/aromatic N) is 2. The van der Waals surface area contributed by atoms with Gasteiger partial charge in [0.25, 0.3) is 5.91 Å². The van der Waals surface area contributed by atoms with Gasteiger partial charge in [0.05, 0.1) is 6.04 Å². The van der Waals surface area contributed by atoms with E-state index in [2.05, 4.69) is 70.5 Å². The van der Waals surface area contributed by atoms with Crippen LogP contribution >= 0.6 is 0 Å². The molecule has 2 saturated heterocycles. The van der Waals surface area contributed by atoms with Crippen molar-refractivity contribution in [3.63, 3.8) is 0 Å². The highest BCUT2D eigenvalue weighted by atomic mass is 16.2. The van der Waals surface area contributed by atoms with E-state index in [1.807, 2.05) is 31.2 Å². The van der Waals surface area contributed by atoms with Crippen molar-refractivity contribution in [3.05, 3.63) is 107 Å². The molecule has 5 rings (SSSR count). The Morgan fingerprint density at radius 2 is 1.62 bits per heavy atom. The van der Waals surface area contributed by atoms with Crippen LogP contribution in [0.2, 0.25) is 0 Å². The van der Waals surface area contributed by atoms with Crippen LogP contribution in [-0.4, -0.2) is 47.9 Å². The van der Waals surface area contributed by atoms with E-state index in [0.717, 1.165) is 43.7 Å². The molecular formula is C30H35N3O. The number of amides is 1. The second-order valence-corrected chi connectivity index (χ2v) is 9.94. The van der Waals surface area contributed by atoms with Crippen LogP contribution in [0.15, 0.2) is 84.9 Å². The first-order valence-electron chi connectivity index (χ1n) is 12.6. The van der Waals surface area contributed by atoms with Crippen molar-refractivity contribution in [2.24, 2.45) is 5.73 Å². The van der Waals surface area contributed by atoms with Crippen molar-refractivity contribution < 1.29 is 4.79 Å². The number of nitrogens with two attached hydrogens (primary N) is 1. The Balaban J connectivity index is 1.38. The Kier molecular flexibility index (Phi) is 6.80. The molecule has 2 fully saturated rings. The summed E-state index contributed by atoms with van der Waals surface area (Å²) in [5, 5.41) is 0. The van der Waals surface area contributed by atoms with Crippen LogP contribution in [0, 0.1) is 0 Å². The van der Waals surface area contributed by atoms with Crippen molar-refractivity contribution in [1.82, 2.24) is 9.80 Å². The highest BCUT2D eigenvalue weighted by Gasteiger charge is 2.40. The predicted octanol–water partition coefficient (Wildman–Crippen LogP) is 5.19. The maximum atomic E-state index is 13.7. The second kappa shape index (κ2) is 10.1. The van der Waals surface area contributed by atoms with E-state index in [0.29, 0.717) is 11.8 Å². The zero-order chi connectivity index (χ0) is 23.5. The first kappa shape index (κ1) is 22.8. The Labute approximate surface area is 203 Å². The summed E-state index contributed by atoms with van der Waals surface area (Å²) in [5.41, 5.74) is 10.6. The average molecular weight is 454 g/mol. The minimum atomic E-state index is -0.0845. The molecule has 1 amide bonds. The first-order valence-corrected chi connectivity index (χ1v) is 12.6. The lowest BCUT2D eigenvalue weighted by atomic mass is 9.91. The third kappa shape index (κ3) is 4.79. The SMILES string of the molecule is CC(N)c1cccc(C(=O)N2CC[C@@H](c3ccccc3)[C@H]2CN2CCC(c3ccccc3)C2)c1. The van der Waals surface area contributed by atoms with Gasteiger partial charge in [-0.1, -0.05) is 72.8 Å². The first-order chi connectivity index (χ1) is 16.6. The number of hydrogen-bond acceptors (Lipinski definition) is 3. The van der Waals surface area contributed by atoms with Gasteiger partial charge in [0, 0.05) is 37.2 Å². The molecule has 0 bridgehead atoms. The van der Waals surface area contributed by atoms with Crippen molar-refractivity contribution in [2.45, 2.75) is 43.7 Å². The molecule has 0 aliphatic carbocycles. The fourth-order valence-corrected chi connectivity index (χ4v) is 5.80. The monoisotopic (exact) mass is 453 g/mol. The quantitative estimate of drug-likeness (QED) is 0.558. The van der Waals surface area contributed by atoms with E-state index in [9.17, 15) is 4.79 Å². The van der Waals surface area contributed by atoms with Gasteiger partial charge in [-0.25, -0.2) is 0 Å². The fraction of sp³-hybridized carbons (Fsp3) is 0.367. The minimum Gasteiger partial charge on any atom is -0.334 e. The van der Waals surface area contributed by atoms with E-state index >= 15 is 0 Å². The van der Waals surface area contributed by atoms with Crippen molar-refractivity contribution in [1.29, 1.82) is 0 Å². The average Bonchev–Trinajstić information content (AvgIpc) is 3.52. The van der Waals surface area contributed by atoms with Gasteiger partial charge in [0.15, 0.2) is 0 Å². The largest absolute Gasteiger partial charge is 0.334 e. The molecule has 0 spiro atoms. The molecule has 0 radical (unpaired) electrons. The molecule has 176 valence electrons. The summed E-state index contributed by atoms with van der Waals surface area (Å²) in [5.74, 6) is 1.06. The molecule has 3 aromatic rings. The lowest BCUT2D eigenvalue weighted by Crippen LogP contribution is -2.44. The highest BCUT2D eigenvalue weighted by molar-refractivity contribution is 5.95. The topological polar surface area (TPSA) is 49.6 Å². The summed E-state index contributed by atoms with van der Waals surface area (Å²) < 4.78 is 0. The Morgan fingerprint density at radius 3 is 2.32 bits per heavy atom. The van der Waals surface area contributed by atoms with Gasteiger partial charge >= 0.3 is 0 Å². The molecule has 0 aromatic heterocycles. The maximum absolute atomic E-state index is 13.7. The molecule has 2 heterocycles. The van der Waals surface area contributed by atoms with Crippen LogP contribution in [-0.2, 0) is 0 Å². The van der Waals surface area contributed by atoms with Gasteiger partial charge < -0.3 is 15.5 Å². The van der Waals surface area contributed by atoms with Crippen LogP contribution in [0.1, 0.15) is 64.7 Å². The third-order valence-electron chi connectivity index (χ3n) is 7.68. The predicted molar refractivity (Wildman–Crippen MR) is 138 cm³/mol. The zero-order valence-electron chi connectivity index (χ0n) is 20.0. The van der Waals surface area contributed by atoms with E-state index in [4.69, 9.17) is 5.73 Å². The van der Waals surface area contributed by atoms with E-state index in [1.165, 1.54) is 17.5 Å². The molecule has 2 unspecified atom stereocenters. The van der Waals surface area contributed by atoms with Crippen LogP contribution in [0.4, 0.5) is 0 Å². The third-order valence-corrected chi connectivity index (χ3v) is 7.68. The van der Waals surface area contributed by atoms with Gasteiger partial charge in [0.1, 0.15) is 0 Å². The Hall–Kier alpha value is -2.95. The smallest absolute Gasteiger partial charge is 0.254 e. The van der Waals surface area contributed by atoms with Crippen LogP contribution in [0.25, 0.3) is 0 Å². The molecule has 2 N–H and O–H groups in total. The molecule has 2 aliphatic heterocycles. The number of likely N-dealkylation sites (tertiary alicyclic amines) is 2. The molecular weight excluding hydrogens is 418 g/mol. The molecule has 4 atom stereocenters. The number of carbonyl (C=O) groups excluding carboxylic acids is 1. The van der Waals surface area contributed by atoms with Crippen molar-refractivity contribution >= 4 is 5.91 Å². The molecule has 3 aromatic carbocycles. The number of rotatable bonds is 6. The lowest BCUT2D eigenvalue weighted by molar-refractivity contribution is 0.0699. The van der Waals surface area contributed by atoms with Crippen molar-refractivity contribution in [2.75, 3.05) is 26.2 Å². The number of hydrogen-bond donors (Lipinski definition) is 1. The minimum absolute atomic E-state index is 0.0845. The van der Waals surface area contributed by atoms with E-state index in [1.54, 1.807) is 0 Å². The van der Waals surface area contributed by atoms with Crippen LogP contribution in [0.5, 0.6) is 0 Å². The Morgan fingerprint density at radius 1 is 0.912 bits per heavy atom. The zero-order valence-corrected chi connectivity index (χ0v) is 20.0. The maximum Gasteiger partial charge on any atom is 0.254 e. The summed E-state index contributed by atoms with van der Waals surface area (Å²) in [7, 11) is 0. The number of benzene rings is 3. The molecule has 0 saturated carbocycles. The normalized spacial score (nSPS) is 23.8. The summed E-state index contributed by atoms with van der Waals surface area (Å²) in [6.07, 6.45) is 2.18. The fourth-order valence-electron chi connectivity index (χ4n) is 5.80. The van der Waals surface area contributed by atoms with Crippen LogP contribution < -0.4 is 5.73 Å². The summed E-state index contributed by atoms with van der Waals surface area (Å²) in [4.78, 5) is 18.4. The molecule has 34 heavy (non-hydrogen) atoms. The molecule has 2 aliphatic rings.